The molecule has 0 aliphatic carbocycles. The number of rotatable bonds is 4. The lowest BCUT2D eigenvalue weighted by molar-refractivity contribution is 0.0822. The summed E-state index contributed by atoms with van der Waals surface area (Å²) in [5, 5.41) is 0. The lowest BCUT2D eigenvalue weighted by Gasteiger charge is -2.15. The van der Waals surface area contributed by atoms with E-state index in [-0.39, 0.29) is 5.78 Å². The van der Waals surface area contributed by atoms with E-state index >= 15 is 0 Å². The minimum atomic E-state index is -0.537. The van der Waals surface area contributed by atoms with Crippen LogP contribution in [0.4, 0.5) is 0 Å². The maximum absolute atomic E-state index is 12.2. The van der Waals surface area contributed by atoms with Crippen LogP contribution in [0, 0.1) is 13.8 Å². The van der Waals surface area contributed by atoms with Crippen molar-refractivity contribution in [1.29, 1.82) is 0 Å². The van der Waals surface area contributed by atoms with Gasteiger partial charge in [0.15, 0.2) is 6.10 Å². The van der Waals surface area contributed by atoms with Crippen LogP contribution in [0.2, 0.25) is 4.34 Å². The predicted molar refractivity (Wildman–Crippen MR) is 87.4 cm³/mol. The summed E-state index contributed by atoms with van der Waals surface area (Å²) in [5.74, 6) is 0.645. The summed E-state index contributed by atoms with van der Waals surface area (Å²) in [6.45, 7) is 5.74. The third-order valence-electron chi connectivity index (χ3n) is 2.91. The molecule has 2 nitrogen and oxygen atoms in total. The van der Waals surface area contributed by atoms with Gasteiger partial charge < -0.3 is 4.74 Å². The van der Waals surface area contributed by atoms with Gasteiger partial charge in [0.25, 0.3) is 0 Å². The fourth-order valence-corrected chi connectivity index (χ4v) is 3.17. The zero-order chi connectivity index (χ0) is 14.9. The van der Waals surface area contributed by atoms with Crippen LogP contribution in [0.3, 0.4) is 0 Å². The summed E-state index contributed by atoms with van der Waals surface area (Å²) in [6.07, 6.45) is -0.537. The maximum Gasteiger partial charge on any atom is 0.212 e. The van der Waals surface area contributed by atoms with Crippen molar-refractivity contribution in [3.8, 4) is 5.75 Å². The molecule has 20 heavy (non-hydrogen) atoms. The number of carbonyl (C=O) groups is 1. The number of Topliss-reactive ketones (excluding diaryl/α,β-unsaturated/α-hetero) is 1. The predicted octanol–water partition coefficient (Wildman–Crippen LogP) is 5.43. The molecular formula is C15H14BrClO2S. The van der Waals surface area contributed by atoms with Gasteiger partial charge in [0, 0.05) is 4.47 Å². The molecule has 0 amide bonds. The number of ketones is 1. The maximum atomic E-state index is 12.2. The Kier molecular flexibility index (Phi) is 4.89. The zero-order valence-corrected chi connectivity index (χ0v) is 14.5. The number of ether oxygens (including phenoxy) is 1. The monoisotopic (exact) mass is 372 g/mol. The van der Waals surface area contributed by atoms with Crippen molar-refractivity contribution in [1.82, 2.24) is 0 Å². The van der Waals surface area contributed by atoms with E-state index in [1.807, 2.05) is 26.0 Å². The van der Waals surface area contributed by atoms with Crippen LogP contribution in [0.15, 0.2) is 28.7 Å². The van der Waals surface area contributed by atoms with Crippen molar-refractivity contribution < 1.29 is 9.53 Å². The van der Waals surface area contributed by atoms with Gasteiger partial charge in [-0.05, 0) is 56.2 Å². The second kappa shape index (κ2) is 6.29. The molecule has 0 radical (unpaired) electrons. The summed E-state index contributed by atoms with van der Waals surface area (Å²) < 4.78 is 7.42. The first-order chi connectivity index (χ1) is 9.38. The molecule has 1 aromatic heterocycles. The molecule has 1 aromatic carbocycles. The third kappa shape index (κ3) is 3.43. The highest BCUT2D eigenvalue weighted by Gasteiger charge is 2.19. The van der Waals surface area contributed by atoms with Crippen molar-refractivity contribution in [2.24, 2.45) is 0 Å². The van der Waals surface area contributed by atoms with Crippen molar-refractivity contribution in [3.05, 3.63) is 49.1 Å². The second-order valence-corrected chi connectivity index (χ2v) is 7.11. The Morgan fingerprint density at radius 2 is 1.90 bits per heavy atom. The van der Waals surface area contributed by atoms with E-state index in [0.717, 1.165) is 15.6 Å². The van der Waals surface area contributed by atoms with Gasteiger partial charge in [0.05, 0.1) is 9.21 Å². The van der Waals surface area contributed by atoms with Crippen LogP contribution in [0.25, 0.3) is 0 Å². The molecule has 0 aliphatic rings. The molecule has 2 rings (SSSR count). The molecule has 0 bridgehead atoms. The van der Waals surface area contributed by atoms with Gasteiger partial charge >= 0.3 is 0 Å². The number of benzene rings is 1. The number of aryl methyl sites for hydroxylation is 2. The number of carbonyl (C=O) groups excluding carboxylic acids is 1. The summed E-state index contributed by atoms with van der Waals surface area (Å²) >= 11 is 10.6. The highest BCUT2D eigenvalue weighted by molar-refractivity contribution is 9.10. The molecule has 0 spiro atoms. The standard InChI is InChI=1S/C15H14BrClO2S/c1-8-6-11(7-9(2)14(8)16)19-10(3)15(18)12-4-5-13(17)20-12/h4-7,10H,1-3H3. The van der Waals surface area contributed by atoms with E-state index in [2.05, 4.69) is 15.9 Å². The summed E-state index contributed by atoms with van der Waals surface area (Å²) in [4.78, 5) is 12.8. The van der Waals surface area contributed by atoms with E-state index in [4.69, 9.17) is 16.3 Å². The van der Waals surface area contributed by atoms with Crippen LogP contribution in [0.1, 0.15) is 27.7 Å². The topological polar surface area (TPSA) is 26.3 Å². The van der Waals surface area contributed by atoms with Crippen LogP contribution in [-0.4, -0.2) is 11.9 Å². The van der Waals surface area contributed by atoms with Gasteiger partial charge in [-0.15, -0.1) is 11.3 Å². The van der Waals surface area contributed by atoms with Gasteiger partial charge in [-0.3, -0.25) is 4.79 Å². The zero-order valence-electron chi connectivity index (χ0n) is 11.4. The van der Waals surface area contributed by atoms with E-state index in [1.165, 1.54) is 11.3 Å². The largest absolute Gasteiger partial charge is 0.483 e. The van der Waals surface area contributed by atoms with E-state index < -0.39 is 6.10 Å². The summed E-state index contributed by atoms with van der Waals surface area (Å²) in [7, 11) is 0. The van der Waals surface area contributed by atoms with Gasteiger partial charge in [-0.1, -0.05) is 27.5 Å². The van der Waals surface area contributed by atoms with Crippen molar-refractivity contribution in [2.45, 2.75) is 26.9 Å². The van der Waals surface area contributed by atoms with Crippen LogP contribution in [-0.2, 0) is 0 Å². The van der Waals surface area contributed by atoms with Crippen molar-refractivity contribution >= 4 is 44.7 Å². The molecule has 1 heterocycles. The molecule has 1 atom stereocenters. The molecule has 0 N–H and O–H groups in total. The van der Waals surface area contributed by atoms with Crippen LogP contribution >= 0.6 is 38.9 Å². The van der Waals surface area contributed by atoms with Gasteiger partial charge in [-0.25, -0.2) is 0 Å². The molecular weight excluding hydrogens is 360 g/mol. The number of halogens is 2. The highest BCUT2D eigenvalue weighted by atomic mass is 79.9. The Morgan fingerprint density at radius 1 is 1.30 bits per heavy atom. The van der Waals surface area contributed by atoms with E-state index in [1.54, 1.807) is 19.1 Å². The lowest BCUT2D eigenvalue weighted by atomic mass is 10.1. The molecule has 0 fully saturated rings. The number of hydrogen-bond acceptors (Lipinski definition) is 3. The van der Waals surface area contributed by atoms with E-state index in [0.29, 0.717) is 15.0 Å². The second-order valence-electron chi connectivity index (χ2n) is 4.60. The normalized spacial score (nSPS) is 12.2. The molecule has 5 heteroatoms. The first kappa shape index (κ1) is 15.5. The molecule has 0 saturated heterocycles. The first-order valence-electron chi connectivity index (χ1n) is 6.11. The first-order valence-corrected chi connectivity index (χ1v) is 8.10. The highest BCUT2D eigenvalue weighted by Crippen LogP contribution is 2.28. The summed E-state index contributed by atoms with van der Waals surface area (Å²) in [6, 6.07) is 7.29. The summed E-state index contributed by atoms with van der Waals surface area (Å²) in [5.41, 5.74) is 2.16. The van der Waals surface area contributed by atoms with Gasteiger partial charge in [-0.2, -0.15) is 0 Å². The lowest BCUT2D eigenvalue weighted by Crippen LogP contribution is -2.23. The smallest absolute Gasteiger partial charge is 0.212 e. The number of thiophene rings is 1. The van der Waals surface area contributed by atoms with Crippen molar-refractivity contribution in [3.63, 3.8) is 0 Å². The quantitative estimate of drug-likeness (QED) is 0.668. The minimum absolute atomic E-state index is 0.0554. The SMILES string of the molecule is Cc1cc(OC(C)C(=O)c2ccc(Cl)s2)cc(C)c1Br. The Morgan fingerprint density at radius 3 is 2.40 bits per heavy atom. The fraction of sp³-hybridized carbons (Fsp3) is 0.267. The van der Waals surface area contributed by atoms with Crippen LogP contribution < -0.4 is 4.74 Å². The Balaban J connectivity index is 2.15. The van der Waals surface area contributed by atoms with Gasteiger partial charge in [0.1, 0.15) is 5.75 Å². The van der Waals surface area contributed by atoms with Gasteiger partial charge in [0.2, 0.25) is 5.78 Å². The molecule has 2 aromatic rings. The Bertz CT molecular complexity index is 628. The van der Waals surface area contributed by atoms with Crippen molar-refractivity contribution in [2.75, 3.05) is 0 Å². The average molecular weight is 374 g/mol. The average Bonchev–Trinajstić information content (AvgIpc) is 2.81. The molecule has 106 valence electrons. The van der Waals surface area contributed by atoms with E-state index in [9.17, 15) is 4.79 Å². The fourth-order valence-electron chi connectivity index (χ4n) is 1.88. The molecule has 1 unspecified atom stereocenters. The Labute approximate surface area is 135 Å². The minimum Gasteiger partial charge on any atom is -0.483 e. The number of hydrogen-bond donors (Lipinski definition) is 0. The molecule has 0 saturated carbocycles. The Hall–Kier alpha value is -0.840. The molecule has 0 aliphatic heterocycles. The van der Waals surface area contributed by atoms with Crippen LogP contribution in [0.5, 0.6) is 5.75 Å². The third-order valence-corrected chi connectivity index (χ3v) is 5.40.